The van der Waals surface area contributed by atoms with Crippen molar-refractivity contribution in [3.8, 4) is 0 Å². The van der Waals surface area contributed by atoms with Crippen LogP contribution in [0.25, 0.3) is 0 Å². The molecule has 1 heterocycles. The maximum atomic E-state index is 6.13. The predicted octanol–water partition coefficient (Wildman–Crippen LogP) is -3.47. The Balaban J connectivity index is 3.24. The van der Waals surface area contributed by atoms with E-state index in [4.69, 9.17) is 62.8 Å². The number of nitrogens with one attached hydrogen (secondary N) is 2. The van der Waals surface area contributed by atoms with Gasteiger partial charge in [0, 0.05) is 19.6 Å². The van der Waals surface area contributed by atoms with E-state index >= 15 is 0 Å². The van der Waals surface area contributed by atoms with Gasteiger partial charge in [0.1, 0.15) is 0 Å². The van der Waals surface area contributed by atoms with Gasteiger partial charge in [-0.3, -0.25) is 0 Å². The highest BCUT2D eigenvalue weighted by molar-refractivity contribution is 6.70. The maximum Gasteiger partial charge on any atom is 0.0967 e. The Morgan fingerprint density at radius 2 is 1.29 bits per heavy atom. The molecule has 0 aromatic rings. The van der Waals surface area contributed by atoms with E-state index in [9.17, 15) is 0 Å². The monoisotopic (exact) mass is 208 g/mol. The molecule has 1 aliphatic heterocycles. The van der Waals surface area contributed by atoms with Crippen molar-refractivity contribution in [2.45, 2.75) is 21.0 Å². The Morgan fingerprint density at radius 1 is 0.824 bits per heavy atom. The van der Waals surface area contributed by atoms with Gasteiger partial charge in [0.2, 0.25) is 0 Å². The Labute approximate surface area is 114 Å². The van der Waals surface area contributed by atoms with Crippen LogP contribution < -0.4 is 10.6 Å². The molecule has 16 radical (unpaired) electrons. The summed E-state index contributed by atoms with van der Waals surface area (Å²) in [6.45, 7) is 1.46. The van der Waals surface area contributed by atoms with Crippen LogP contribution in [0.2, 0.25) is 15.5 Å². The van der Waals surface area contributed by atoms with Crippen molar-refractivity contribution in [3.05, 3.63) is 0 Å². The molecule has 10 heteroatoms. The van der Waals surface area contributed by atoms with Crippen LogP contribution in [0, 0.1) is 0 Å². The molecule has 17 heavy (non-hydrogen) atoms. The second-order valence-electron chi connectivity index (χ2n) is 4.75. The molecule has 2 N–H and O–H groups in total. The Bertz CT molecular complexity index is 263. The second-order valence-corrected chi connectivity index (χ2v) is 4.75. The molecule has 1 fully saturated rings. The largest absolute Gasteiger partial charge is 0.317 e. The fraction of sp³-hybridized carbons (Fsp3) is 1.00. The van der Waals surface area contributed by atoms with Crippen LogP contribution in [0.15, 0.2) is 0 Å². The lowest BCUT2D eigenvalue weighted by atomic mass is 9.11. The Kier molecular flexibility index (Phi) is 4.12. The summed E-state index contributed by atoms with van der Waals surface area (Å²) in [4.78, 5) is 0. The van der Waals surface area contributed by atoms with Gasteiger partial charge in [-0.1, -0.05) is 5.31 Å². The molecule has 1 rings (SSSR count). The molecule has 70 valence electrons. The van der Waals surface area contributed by atoms with Crippen molar-refractivity contribution in [2.75, 3.05) is 19.6 Å². The van der Waals surface area contributed by atoms with Gasteiger partial charge in [-0.2, -0.15) is 0 Å². The summed E-state index contributed by atoms with van der Waals surface area (Å²) in [5, 5.41) is 0.205. The van der Waals surface area contributed by atoms with Gasteiger partial charge >= 0.3 is 0 Å². The molecule has 0 amide bonds. The minimum Gasteiger partial charge on any atom is -0.317 e. The minimum absolute atomic E-state index is 0.226. The van der Waals surface area contributed by atoms with Gasteiger partial charge < -0.3 is 10.6 Å². The third kappa shape index (κ3) is 2.45. The summed E-state index contributed by atoms with van der Waals surface area (Å²) in [5.41, 5.74) is -1.33. The molecule has 0 spiro atoms. The van der Waals surface area contributed by atoms with Crippen molar-refractivity contribution < 1.29 is 0 Å². The molecular weight excluding hydrogens is 199 g/mol. The van der Waals surface area contributed by atoms with Crippen molar-refractivity contribution in [3.63, 3.8) is 0 Å². The molecule has 0 saturated carbocycles. The first kappa shape index (κ1) is 15.5. The van der Waals surface area contributed by atoms with Gasteiger partial charge in [-0.25, -0.2) is 0 Å². The average Bonchev–Trinajstić information content (AvgIpc) is 2.14. The van der Waals surface area contributed by atoms with Crippen LogP contribution in [0.1, 0.15) is 0 Å². The molecule has 2 nitrogen and oxygen atoms in total. The SMILES string of the molecule is [B]C([B])([B])C([B])(C([B])([B])[B])C1([B])CNCCN1. The van der Waals surface area contributed by atoms with Crippen LogP contribution in [0.5, 0.6) is 0 Å². The summed E-state index contributed by atoms with van der Waals surface area (Å²) in [7, 11) is 46.2. The van der Waals surface area contributed by atoms with Gasteiger partial charge in [0.25, 0.3) is 0 Å². The number of hydrogen-bond acceptors (Lipinski definition) is 2. The van der Waals surface area contributed by atoms with Crippen LogP contribution in [0.3, 0.4) is 0 Å². The standard InChI is InChI=1S/C7H8B8N2/c8-4(3-16-1-2-17-4)5(9,6(10,11)12)7(13,14)15/h16-17H,1-3H2. The predicted molar refractivity (Wildman–Crippen MR) is 77.7 cm³/mol. The minimum atomic E-state index is -1.97. The Morgan fingerprint density at radius 3 is 1.59 bits per heavy atom. The van der Waals surface area contributed by atoms with Crippen LogP contribution in [0.4, 0.5) is 0 Å². The van der Waals surface area contributed by atoms with E-state index in [0.717, 1.165) is 0 Å². The maximum absolute atomic E-state index is 6.13. The molecule has 0 bridgehead atoms. The fourth-order valence-corrected chi connectivity index (χ4v) is 2.15. The van der Waals surface area contributed by atoms with E-state index in [1.807, 2.05) is 0 Å². The highest BCUT2D eigenvalue weighted by Crippen LogP contribution is 2.60. The number of hydrogen-bond donors (Lipinski definition) is 2. The summed E-state index contributed by atoms with van der Waals surface area (Å²) >= 11 is 0. The molecular formula is C7H8B8N2. The first-order valence-electron chi connectivity index (χ1n) is 5.22. The zero-order chi connectivity index (χ0) is 13.5. The Hall–Kier alpha value is 0.439. The van der Waals surface area contributed by atoms with Crippen LogP contribution >= 0.6 is 0 Å². The third-order valence-electron chi connectivity index (χ3n) is 3.22. The summed E-state index contributed by atoms with van der Waals surface area (Å²) in [6.07, 6.45) is 0. The molecule has 1 atom stereocenters. The molecule has 0 aromatic carbocycles. The lowest BCUT2D eigenvalue weighted by molar-refractivity contribution is 0.279. The number of piperazine rings is 1. The fourth-order valence-electron chi connectivity index (χ4n) is 2.15. The van der Waals surface area contributed by atoms with E-state index in [2.05, 4.69) is 10.6 Å². The smallest absolute Gasteiger partial charge is 0.0967 e. The first-order chi connectivity index (χ1) is 7.46. The molecule has 1 unspecified atom stereocenters. The molecule has 1 aliphatic rings. The van der Waals surface area contributed by atoms with E-state index in [0.29, 0.717) is 13.1 Å². The summed E-state index contributed by atoms with van der Waals surface area (Å²) < 4.78 is 0. The quantitative estimate of drug-likeness (QED) is 0.469. The second kappa shape index (κ2) is 4.52. The average molecular weight is 207 g/mol. The van der Waals surface area contributed by atoms with Gasteiger partial charge in [-0.15, -0.1) is 10.2 Å². The van der Waals surface area contributed by atoms with E-state index in [1.54, 1.807) is 0 Å². The summed E-state index contributed by atoms with van der Waals surface area (Å²) in [6, 6.07) is 0. The third-order valence-corrected chi connectivity index (χ3v) is 3.22. The number of rotatable bonds is 3. The molecule has 0 aliphatic carbocycles. The van der Waals surface area contributed by atoms with Crippen LogP contribution in [-0.4, -0.2) is 87.8 Å². The van der Waals surface area contributed by atoms with Gasteiger partial charge in [0.05, 0.1) is 62.8 Å². The van der Waals surface area contributed by atoms with Gasteiger partial charge in [0.15, 0.2) is 0 Å². The van der Waals surface area contributed by atoms with Crippen LogP contribution in [-0.2, 0) is 0 Å². The van der Waals surface area contributed by atoms with Crippen molar-refractivity contribution in [1.82, 2.24) is 10.6 Å². The van der Waals surface area contributed by atoms with Gasteiger partial charge in [-0.05, 0) is 5.44 Å². The first-order valence-corrected chi connectivity index (χ1v) is 5.22. The highest BCUT2D eigenvalue weighted by atomic mass is 15.1. The summed E-state index contributed by atoms with van der Waals surface area (Å²) in [5.74, 6) is 0. The lowest BCUT2D eigenvalue weighted by Gasteiger charge is -2.66. The van der Waals surface area contributed by atoms with E-state index in [-0.39, 0.29) is 6.54 Å². The normalized spacial score (nSPS) is 27.8. The zero-order valence-corrected chi connectivity index (χ0v) is 9.74. The molecule has 0 aromatic heterocycles. The zero-order valence-electron chi connectivity index (χ0n) is 9.74. The van der Waals surface area contributed by atoms with E-state index in [1.165, 1.54) is 0 Å². The molecule has 1 saturated heterocycles. The van der Waals surface area contributed by atoms with Crippen molar-refractivity contribution in [2.24, 2.45) is 0 Å². The van der Waals surface area contributed by atoms with Crippen molar-refractivity contribution >= 4 is 62.8 Å². The lowest BCUT2D eigenvalue weighted by Crippen LogP contribution is -2.71. The topological polar surface area (TPSA) is 24.1 Å². The van der Waals surface area contributed by atoms with E-state index < -0.39 is 21.0 Å². The van der Waals surface area contributed by atoms with Crippen molar-refractivity contribution in [1.29, 1.82) is 0 Å². The highest BCUT2D eigenvalue weighted by Gasteiger charge is 2.54.